The van der Waals surface area contributed by atoms with Gasteiger partial charge in [-0.2, -0.15) is 5.10 Å². The van der Waals surface area contributed by atoms with Crippen LogP contribution in [-0.2, 0) is 11.3 Å². The fraction of sp³-hybridized carbons (Fsp3) is 0.333. The molecule has 0 aliphatic carbocycles. The number of likely N-dealkylation sites (tertiary alicyclic amines) is 1. The third-order valence-electron chi connectivity index (χ3n) is 5.30. The predicted molar refractivity (Wildman–Crippen MR) is 109 cm³/mol. The Labute approximate surface area is 173 Å². The van der Waals surface area contributed by atoms with Crippen molar-refractivity contribution < 1.29 is 19.2 Å². The molecule has 2 aromatic rings. The maximum atomic E-state index is 12.4. The molecule has 2 aliphatic rings. The van der Waals surface area contributed by atoms with Gasteiger partial charge in [-0.05, 0) is 55.3 Å². The molecule has 2 aliphatic heterocycles. The van der Waals surface area contributed by atoms with Crippen molar-refractivity contribution in [2.75, 3.05) is 19.9 Å². The number of hydrazone groups is 1. The van der Waals surface area contributed by atoms with Gasteiger partial charge in [-0.15, -0.1) is 0 Å². The molecule has 2 aromatic carbocycles. The Morgan fingerprint density at radius 3 is 2.63 bits per heavy atom. The van der Waals surface area contributed by atoms with Crippen LogP contribution < -0.4 is 14.9 Å². The molecular weight excluding hydrogens is 388 g/mol. The number of fused-ring (bicyclic) bond motifs is 1. The molecule has 2 heterocycles. The number of rotatable bonds is 6. The monoisotopic (exact) mass is 410 g/mol. The number of piperidine rings is 1. The SMILES string of the molecule is O=C(N/N=C/c1ccc2c(c1)OCO2)C1CCN(Cc2ccc([N+](=O)[O-])cc2)CC1. The second-order valence-electron chi connectivity index (χ2n) is 7.32. The van der Waals surface area contributed by atoms with E-state index in [1.54, 1.807) is 18.3 Å². The van der Waals surface area contributed by atoms with Crippen LogP contribution in [0.1, 0.15) is 24.0 Å². The summed E-state index contributed by atoms with van der Waals surface area (Å²) in [4.78, 5) is 25.0. The van der Waals surface area contributed by atoms with E-state index in [1.807, 2.05) is 18.2 Å². The van der Waals surface area contributed by atoms with Gasteiger partial charge in [0, 0.05) is 24.6 Å². The van der Waals surface area contributed by atoms with Crippen LogP contribution in [0.3, 0.4) is 0 Å². The molecule has 0 bridgehead atoms. The first kappa shape index (κ1) is 19.8. The first-order valence-corrected chi connectivity index (χ1v) is 9.77. The van der Waals surface area contributed by atoms with E-state index >= 15 is 0 Å². The quantitative estimate of drug-likeness (QED) is 0.446. The summed E-state index contributed by atoms with van der Waals surface area (Å²) in [6.07, 6.45) is 3.08. The first-order chi connectivity index (χ1) is 14.6. The highest BCUT2D eigenvalue weighted by molar-refractivity contribution is 5.84. The van der Waals surface area contributed by atoms with Crippen molar-refractivity contribution in [2.45, 2.75) is 19.4 Å². The molecule has 1 saturated heterocycles. The van der Waals surface area contributed by atoms with Gasteiger partial charge < -0.3 is 9.47 Å². The van der Waals surface area contributed by atoms with E-state index in [4.69, 9.17) is 9.47 Å². The lowest BCUT2D eigenvalue weighted by Crippen LogP contribution is -2.39. The highest BCUT2D eigenvalue weighted by Crippen LogP contribution is 2.32. The van der Waals surface area contributed by atoms with E-state index in [9.17, 15) is 14.9 Å². The van der Waals surface area contributed by atoms with E-state index in [-0.39, 0.29) is 24.3 Å². The zero-order valence-corrected chi connectivity index (χ0v) is 16.3. The number of carbonyl (C=O) groups excluding carboxylic acids is 1. The van der Waals surface area contributed by atoms with Gasteiger partial charge in [-0.3, -0.25) is 19.8 Å². The van der Waals surface area contributed by atoms with Crippen LogP contribution in [0, 0.1) is 16.0 Å². The average molecular weight is 410 g/mol. The van der Waals surface area contributed by atoms with Gasteiger partial charge in [0.15, 0.2) is 11.5 Å². The van der Waals surface area contributed by atoms with Gasteiger partial charge in [0.1, 0.15) is 0 Å². The van der Waals surface area contributed by atoms with Crippen LogP contribution in [0.15, 0.2) is 47.6 Å². The van der Waals surface area contributed by atoms with Crippen molar-refractivity contribution in [3.8, 4) is 11.5 Å². The molecule has 4 rings (SSSR count). The summed E-state index contributed by atoms with van der Waals surface area (Å²) < 4.78 is 10.6. The topological polar surface area (TPSA) is 106 Å². The Hall–Kier alpha value is -3.46. The number of ether oxygens (including phenoxy) is 2. The van der Waals surface area contributed by atoms with Crippen molar-refractivity contribution in [3.63, 3.8) is 0 Å². The highest BCUT2D eigenvalue weighted by atomic mass is 16.7. The standard InChI is InChI=1S/C21H22N4O5/c26-21(23-22-12-16-3-6-19-20(11-16)30-14-29-19)17-7-9-24(10-8-17)13-15-1-4-18(5-2-15)25(27)28/h1-6,11-12,17H,7-10,13-14H2,(H,23,26)/b22-12+. The molecule has 156 valence electrons. The van der Waals surface area contributed by atoms with Crippen molar-refractivity contribution in [1.82, 2.24) is 10.3 Å². The molecule has 0 radical (unpaired) electrons. The summed E-state index contributed by atoms with van der Waals surface area (Å²) >= 11 is 0. The fourth-order valence-corrected chi connectivity index (χ4v) is 3.59. The molecule has 0 aromatic heterocycles. The molecule has 1 amide bonds. The minimum absolute atomic E-state index is 0.0768. The van der Waals surface area contributed by atoms with Crippen LogP contribution in [0.2, 0.25) is 0 Å². The number of hydrogen-bond donors (Lipinski definition) is 1. The highest BCUT2D eigenvalue weighted by Gasteiger charge is 2.25. The van der Waals surface area contributed by atoms with E-state index in [0.717, 1.165) is 37.1 Å². The van der Waals surface area contributed by atoms with E-state index in [0.29, 0.717) is 18.0 Å². The van der Waals surface area contributed by atoms with Gasteiger partial charge in [-0.25, -0.2) is 5.43 Å². The second-order valence-corrected chi connectivity index (χ2v) is 7.32. The summed E-state index contributed by atoms with van der Waals surface area (Å²) in [5, 5.41) is 14.8. The molecule has 1 N–H and O–H groups in total. The summed E-state index contributed by atoms with van der Waals surface area (Å²) in [5.41, 5.74) is 4.56. The van der Waals surface area contributed by atoms with Gasteiger partial charge in [0.2, 0.25) is 12.7 Å². The molecule has 1 fully saturated rings. The summed E-state index contributed by atoms with van der Waals surface area (Å²) in [7, 11) is 0. The normalized spacial score (nSPS) is 16.7. The Morgan fingerprint density at radius 2 is 1.90 bits per heavy atom. The average Bonchev–Trinajstić information content (AvgIpc) is 3.22. The number of nitro benzene ring substituents is 1. The van der Waals surface area contributed by atoms with Crippen molar-refractivity contribution >= 4 is 17.8 Å². The van der Waals surface area contributed by atoms with Crippen molar-refractivity contribution in [3.05, 3.63) is 63.7 Å². The third-order valence-corrected chi connectivity index (χ3v) is 5.30. The lowest BCUT2D eigenvalue weighted by molar-refractivity contribution is -0.384. The molecule has 0 atom stereocenters. The van der Waals surface area contributed by atoms with Crippen LogP contribution in [0.5, 0.6) is 11.5 Å². The molecule has 0 saturated carbocycles. The van der Waals surface area contributed by atoms with Crippen LogP contribution in [-0.4, -0.2) is 41.8 Å². The minimum atomic E-state index is -0.400. The lowest BCUT2D eigenvalue weighted by Gasteiger charge is -2.30. The number of benzene rings is 2. The molecule has 9 nitrogen and oxygen atoms in total. The van der Waals surface area contributed by atoms with Crippen LogP contribution >= 0.6 is 0 Å². The molecule has 0 unspecified atom stereocenters. The third kappa shape index (κ3) is 4.74. The zero-order chi connectivity index (χ0) is 20.9. The van der Waals surface area contributed by atoms with Gasteiger partial charge in [-0.1, -0.05) is 12.1 Å². The van der Waals surface area contributed by atoms with Crippen LogP contribution in [0.25, 0.3) is 0 Å². The molecular formula is C21H22N4O5. The Kier molecular flexibility index (Phi) is 5.89. The van der Waals surface area contributed by atoms with E-state index < -0.39 is 4.92 Å². The summed E-state index contributed by atoms with van der Waals surface area (Å²) in [6, 6.07) is 12.1. The number of nitrogens with zero attached hydrogens (tertiary/aromatic N) is 3. The summed E-state index contributed by atoms with van der Waals surface area (Å²) in [5.74, 6) is 1.22. The zero-order valence-electron chi connectivity index (χ0n) is 16.3. The Balaban J connectivity index is 1.22. The lowest BCUT2D eigenvalue weighted by atomic mass is 9.96. The number of carbonyl (C=O) groups is 1. The predicted octanol–water partition coefficient (Wildman–Crippen LogP) is 2.69. The molecule has 0 spiro atoms. The van der Waals surface area contributed by atoms with Crippen LogP contribution in [0.4, 0.5) is 5.69 Å². The number of nitro groups is 1. The van der Waals surface area contributed by atoms with Crippen molar-refractivity contribution in [1.29, 1.82) is 0 Å². The Bertz CT molecular complexity index is 952. The second kappa shape index (κ2) is 8.91. The van der Waals surface area contributed by atoms with Crippen molar-refractivity contribution in [2.24, 2.45) is 11.0 Å². The van der Waals surface area contributed by atoms with E-state index in [1.165, 1.54) is 12.1 Å². The number of nitrogens with one attached hydrogen (secondary N) is 1. The maximum Gasteiger partial charge on any atom is 0.269 e. The number of hydrogen-bond acceptors (Lipinski definition) is 7. The first-order valence-electron chi connectivity index (χ1n) is 9.77. The summed E-state index contributed by atoms with van der Waals surface area (Å²) in [6.45, 7) is 2.52. The Morgan fingerprint density at radius 1 is 1.17 bits per heavy atom. The minimum Gasteiger partial charge on any atom is -0.454 e. The van der Waals surface area contributed by atoms with Gasteiger partial charge in [0.05, 0.1) is 11.1 Å². The van der Waals surface area contributed by atoms with Gasteiger partial charge in [0.25, 0.3) is 5.69 Å². The molecule has 9 heteroatoms. The number of amides is 1. The smallest absolute Gasteiger partial charge is 0.269 e. The van der Waals surface area contributed by atoms with E-state index in [2.05, 4.69) is 15.4 Å². The van der Waals surface area contributed by atoms with Gasteiger partial charge >= 0.3 is 0 Å². The largest absolute Gasteiger partial charge is 0.454 e. The molecule has 30 heavy (non-hydrogen) atoms. The fourth-order valence-electron chi connectivity index (χ4n) is 3.59. The maximum absolute atomic E-state index is 12.4. The number of non-ortho nitro benzene ring substituents is 1.